The number of anilines is 2. The second-order valence-electron chi connectivity index (χ2n) is 7.02. The molecular formula is C23H21N3O2S. The molecule has 146 valence electrons. The fourth-order valence-corrected chi connectivity index (χ4v) is 5.00. The van der Waals surface area contributed by atoms with Gasteiger partial charge in [-0.3, -0.25) is 0 Å². The van der Waals surface area contributed by atoms with Gasteiger partial charge in [0.05, 0.1) is 12.5 Å². The van der Waals surface area contributed by atoms with Crippen molar-refractivity contribution in [2.24, 2.45) is 0 Å². The molecule has 29 heavy (non-hydrogen) atoms. The van der Waals surface area contributed by atoms with Crippen LogP contribution >= 0.6 is 11.3 Å². The number of para-hydroxylation sites is 1. The van der Waals surface area contributed by atoms with Crippen LogP contribution < -0.4 is 14.8 Å². The van der Waals surface area contributed by atoms with Gasteiger partial charge in [0.15, 0.2) is 11.5 Å². The van der Waals surface area contributed by atoms with Crippen LogP contribution in [0.3, 0.4) is 0 Å². The molecule has 0 saturated heterocycles. The highest BCUT2D eigenvalue weighted by atomic mass is 32.1. The third-order valence-corrected chi connectivity index (χ3v) is 6.35. The number of aromatic nitrogens is 2. The highest BCUT2D eigenvalue weighted by molar-refractivity contribution is 7.19. The summed E-state index contributed by atoms with van der Waals surface area (Å²) in [4.78, 5) is 11.6. The van der Waals surface area contributed by atoms with Crippen LogP contribution in [0.15, 0.2) is 54.9 Å². The average Bonchev–Trinajstić information content (AvgIpc) is 3.15. The van der Waals surface area contributed by atoms with Crippen LogP contribution in [-0.2, 0) is 12.8 Å². The number of hydrogen-bond acceptors (Lipinski definition) is 6. The minimum absolute atomic E-state index is 0.663. The van der Waals surface area contributed by atoms with Crippen LogP contribution in [0.1, 0.15) is 23.3 Å². The monoisotopic (exact) mass is 403 g/mol. The second-order valence-corrected chi connectivity index (χ2v) is 8.10. The maximum absolute atomic E-state index is 5.96. The van der Waals surface area contributed by atoms with Gasteiger partial charge in [-0.2, -0.15) is 0 Å². The van der Waals surface area contributed by atoms with Gasteiger partial charge in [-0.05, 0) is 55.5 Å². The second kappa shape index (κ2) is 7.72. The first-order chi connectivity index (χ1) is 14.3. The van der Waals surface area contributed by atoms with Gasteiger partial charge in [0.1, 0.15) is 22.7 Å². The minimum Gasteiger partial charge on any atom is -0.493 e. The van der Waals surface area contributed by atoms with E-state index in [2.05, 4.69) is 15.3 Å². The lowest BCUT2D eigenvalue weighted by molar-refractivity contribution is 0.379. The first kappa shape index (κ1) is 17.9. The number of thiophene rings is 1. The Kier molecular flexibility index (Phi) is 4.77. The van der Waals surface area contributed by atoms with E-state index in [9.17, 15) is 0 Å². The molecule has 0 aliphatic heterocycles. The normalized spacial score (nSPS) is 13.1. The SMILES string of the molecule is COc1cc(Nc2ncnc3sc4c(c23)CCCC4)ccc1Oc1ccccc1. The van der Waals surface area contributed by atoms with Crippen molar-refractivity contribution < 1.29 is 9.47 Å². The van der Waals surface area contributed by atoms with Crippen LogP contribution in [0.25, 0.3) is 10.2 Å². The molecule has 4 aromatic rings. The van der Waals surface area contributed by atoms with Gasteiger partial charge in [-0.1, -0.05) is 18.2 Å². The Morgan fingerprint density at radius 1 is 0.966 bits per heavy atom. The number of hydrogen-bond donors (Lipinski definition) is 1. The van der Waals surface area contributed by atoms with Crippen molar-refractivity contribution >= 4 is 33.1 Å². The number of methoxy groups -OCH3 is 1. The zero-order valence-electron chi connectivity index (χ0n) is 16.1. The minimum atomic E-state index is 0.663. The molecule has 2 aromatic heterocycles. The van der Waals surface area contributed by atoms with Crippen molar-refractivity contribution in [1.29, 1.82) is 0 Å². The summed E-state index contributed by atoms with van der Waals surface area (Å²) in [6.07, 6.45) is 6.37. The van der Waals surface area contributed by atoms with Gasteiger partial charge < -0.3 is 14.8 Å². The van der Waals surface area contributed by atoms with Crippen LogP contribution in [0, 0.1) is 0 Å². The summed E-state index contributed by atoms with van der Waals surface area (Å²) in [5, 5.41) is 4.63. The zero-order chi connectivity index (χ0) is 19.6. The Hall–Kier alpha value is -3.12. The van der Waals surface area contributed by atoms with E-state index in [1.54, 1.807) is 24.8 Å². The number of fused-ring (bicyclic) bond motifs is 3. The molecule has 2 heterocycles. The summed E-state index contributed by atoms with van der Waals surface area (Å²) in [5.41, 5.74) is 2.31. The Morgan fingerprint density at radius 3 is 2.69 bits per heavy atom. The molecule has 2 aromatic carbocycles. The predicted octanol–water partition coefficient (Wildman–Crippen LogP) is 6.11. The molecule has 6 heteroatoms. The fraction of sp³-hybridized carbons (Fsp3) is 0.217. The van der Waals surface area contributed by atoms with E-state index < -0.39 is 0 Å². The van der Waals surface area contributed by atoms with Crippen molar-refractivity contribution in [1.82, 2.24) is 9.97 Å². The number of nitrogens with one attached hydrogen (secondary N) is 1. The van der Waals surface area contributed by atoms with E-state index in [1.807, 2.05) is 48.5 Å². The van der Waals surface area contributed by atoms with Crippen molar-refractivity contribution in [3.63, 3.8) is 0 Å². The molecule has 0 amide bonds. The number of nitrogens with zero attached hydrogens (tertiary/aromatic N) is 2. The van der Waals surface area contributed by atoms with E-state index in [0.29, 0.717) is 11.5 Å². The van der Waals surface area contributed by atoms with E-state index in [-0.39, 0.29) is 0 Å². The Balaban J connectivity index is 1.47. The van der Waals surface area contributed by atoms with E-state index in [1.165, 1.54) is 23.3 Å². The highest BCUT2D eigenvalue weighted by Crippen LogP contribution is 2.40. The smallest absolute Gasteiger partial charge is 0.169 e. The largest absolute Gasteiger partial charge is 0.493 e. The number of ether oxygens (including phenoxy) is 2. The summed E-state index contributed by atoms with van der Waals surface area (Å²) < 4.78 is 11.5. The third-order valence-electron chi connectivity index (χ3n) is 5.15. The fourth-order valence-electron chi connectivity index (χ4n) is 3.77. The maximum Gasteiger partial charge on any atom is 0.169 e. The van der Waals surface area contributed by atoms with Crippen LogP contribution in [0.4, 0.5) is 11.5 Å². The van der Waals surface area contributed by atoms with E-state index in [0.717, 1.165) is 40.3 Å². The quantitative estimate of drug-likeness (QED) is 0.435. The topological polar surface area (TPSA) is 56.3 Å². The molecule has 0 bridgehead atoms. The molecular weight excluding hydrogens is 382 g/mol. The number of benzene rings is 2. The third kappa shape index (κ3) is 3.51. The molecule has 5 rings (SSSR count). The molecule has 0 fully saturated rings. The molecule has 0 saturated carbocycles. The van der Waals surface area contributed by atoms with Crippen LogP contribution in [0.5, 0.6) is 17.2 Å². The molecule has 0 radical (unpaired) electrons. The van der Waals surface area contributed by atoms with Gasteiger partial charge in [-0.15, -0.1) is 11.3 Å². The summed E-state index contributed by atoms with van der Waals surface area (Å²) in [6, 6.07) is 15.5. The molecule has 5 nitrogen and oxygen atoms in total. The van der Waals surface area contributed by atoms with Gasteiger partial charge in [0.2, 0.25) is 0 Å². The molecule has 0 atom stereocenters. The van der Waals surface area contributed by atoms with Gasteiger partial charge in [0, 0.05) is 16.6 Å². The van der Waals surface area contributed by atoms with Crippen LogP contribution in [0.2, 0.25) is 0 Å². The standard InChI is InChI=1S/C23H21N3O2S/c1-27-19-13-15(11-12-18(19)28-16-7-3-2-4-8-16)26-22-21-17-9-5-6-10-20(17)29-23(21)25-14-24-22/h2-4,7-8,11-14H,5-6,9-10H2,1H3,(H,24,25,26). The van der Waals surface area contributed by atoms with Crippen molar-refractivity contribution in [2.75, 3.05) is 12.4 Å². The van der Waals surface area contributed by atoms with Crippen LogP contribution in [-0.4, -0.2) is 17.1 Å². The summed E-state index contributed by atoms with van der Waals surface area (Å²) in [5.74, 6) is 2.96. The Labute approximate surface area is 173 Å². The van der Waals surface area contributed by atoms with Crippen molar-refractivity contribution in [3.8, 4) is 17.2 Å². The zero-order valence-corrected chi connectivity index (χ0v) is 17.0. The highest BCUT2D eigenvalue weighted by Gasteiger charge is 2.20. The molecule has 1 aliphatic rings. The summed E-state index contributed by atoms with van der Waals surface area (Å²) in [6.45, 7) is 0. The first-order valence-electron chi connectivity index (χ1n) is 9.75. The molecule has 1 aliphatic carbocycles. The first-order valence-corrected chi connectivity index (χ1v) is 10.6. The van der Waals surface area contributed by atoms with Gasteiger partial charge >= 0.3 is 0 Å². The Morgan fingerprint density at radius 2 is 1.83 bits per heavy atom. The van der Waals surface area contributed by atoms with Crippen molar-refractivity contribution in [3.05, 3.63) is 65.3 Å². The van der Waals surface area contributed by atoms with Gasteiger partial charge in [-0.25, -0.2) is 9.97 Å². The van der Waals surface area contributed by atoms with Gasteiger partial charge in [0.25, 0.3) is 0 Å². The lowest BCUT2D eigenvalue weighted by Crippen LogP contribution is -2.01. The lowest BCUT2D eigenvalue weighted by Gasteiger charge is -2.14. The lowest BCUT2D eigenvalue weighted by atomic mass is 9.97. The molecule has 0 unspecified atom stereocenters. The maximum atomic E-state index is 5.96. The summed E-state index contributed by atoms with van der Waals surface area (Å²) >= 11 is 1.80. The number of aryl methyl sites for hydroxylation is 2. The number of rotatable bonds is 5. The predicted molar refractivity (Wildman–Crippen MR) is 117 cm³/mol. The Bertz CT molecular complexity index is 1160. The summed E-state index contributed by atoms with van der Waals surface area (Å²) in [7, 11) is 1.65. The van der Waals surface area contributed by atoms with E-state index in [4.69, 9.17) is 9.47 Å². The van der Waals surface area contributed by atoms with Crippen molar-refractivity contribution in [2.45, 2.75) is 25.7 Å². The van der Waals surface area contributed by atoms with E-state index >= 15 is 0 Å². The average molecular weight is 404 g/mol. The molecule has 0 spiro atoms. The molecule has 1 N–H and O–H groups in total.